The fourth-order valence-electron chi connectivity index (χ4n) is 3.80. The molecule has 6 nitrogen and oxygen atoms in total. The van der Waals surface area contributed by atoms with Crippen molar-refractivity contribution >= 4 is 5.91 Å². The van der Waals surface area contributed by atoms with Gasteiger partial charge in [0.05, 0.1) is 14.2 Å². The first-order valence-corrected chi connectivity index (χ1v) is 10.7. The fraction of sp³-hybridized carbons (Fsp3) is 0.400. The second-order valence-electron chi connectivity index (χ2n) is 7.74. The van der Waals surface area contributed by atoms with Gasteiger partial charge in [-0.2, -0.15) is 0 Å². The van der Waals surface area contributed by atoms with Gasteiger partial charge in [-0.3, -0.25) is 9.69 Å². The van der Waals surface area contributed by atoms with E-state index in [2.05, 4.69) is 28.9 Å². The van der Waals surface area contributed by atoms with Crippen molar-refractivity contribution in [2.75, 3.05) is 33.9 Å². The van der Waals surface area contributed by atoms with Crippen LogP contribution in [0.3, 0.4) is 0 Å². The van der Waals surface area contributed by atoms with E-state index < -0.39 is 0 Å². The zero-order valence-electron chi connectivity index (χ0n) is 18.4. The van der Waals surface area contributed by atoms with Gasteiger partial charge in [-0.05, 0) is 54.7 Å². The summed E-state index contributed by atoms with van der Waals surface area (Å²) < 4.78 is 16.4. The predicted octanol–water partition coefficient (Wildman–Crippen LogP) is 3.59. The molecule has 0 aliphatic carbocycles. The minimum absolute atomic E-state index is 0.0266. The first kappa shape index (κ1) is 22.7. The number of allylic oxidation sites excluding steroid dienone is 1. The third-order valence-corrected chi connectivity index (χ3v) is 5.46. The molecule has 1 amide bonds. The molecule has 1 N–H and O–H groups in total. The second-order valence-corrected chi connectivity index (χ2v) is 7.74. The number of piperidine rings is 1. The van der Waals surface area contributed by atoms with Crippen molar-refractivity contribution < 1.29 is 19.0 Å². The molecule has 0 atom stereocenters. The molecular weight excluding hydrogens is 392 g/mol. The second kappa shape index (κ2) is 11.4. The van der Waals surface area contributed by atoms with Crippen LogP contribution in [0.2, 0.25) is 0 Å². The molecule has 0 unspecified atom stereocenters. The van der Waals surface area contributed by atoms with E-state index in [4.69, 9.17) is 14.2 Å². The van der Waals surface area contributed by atoms with E-state index in [-0.39, 0.29) is 18.6 Å². The van der Waals surface area contributed by atoms with E-state index in [1.807, 2.05) is 36.4 Å². The highest BCUT2D eigenvalue weighted by Crippen LogP contribution is 2.28. The number of hydrogen-bond donors (Lipinski definition) is 1. The SMILES string of the molecule is C=CCc1ccc(OCC(=O)NC2CCN(Cc3cccc(OC)c3)CC2)c(OC)c1. The van der Waals surface area contributed by atoms with E-state index in [1.165, 1.54) is 5.56 Å². The molecule has 31 heavy (non-hydrogen) atoms. The lowest BCUT2D eigenvalue weighted by molar-refractivity contribution is -0.124. The normalized spacial score (nSPS) is 14.6. The summed E-state index contributed by atoms with van der Waals surface area (Å²) in [6.45, 7) is 6.51. The first-order chi connectivity index (χ1) is 15.1. The number of nitrogens with one attached hydrogen (secondary N) is 1. The maximum Gasteiger partial charge on any atom is 0.258 e. The molecule has 1 aliphatic rings. The Morgan fingerprint density at radius 3 is 2.61 bits per heavy atom. The number of hydrogen-bond acceptors (Lipinski definition) is 5. The molecule has 0 spiro atoms. The molecule has 0 aromatic heterocycles. The van der Waals surface area contributed by atoms with Gasteiger partial charge in [0.1, 0.15) is 5.75 Å². The number of methoxy groups -OCH3 is 2. The summed E-state index contributed by atoms with van der Waals surface area (Å²) in [5.74, 6) is 1.96. The van der Waals surface area contributed by atoms with Gasteiger partial charge in [0.15, 0.2) is 18.1 Å². The molecule has 0 bridgehead atoms. The lowest BCUT2D eigenvalue weighted by Crippen LogP contribution is -2.45. The maximum absolute atomic E-state index is 12.4. The van der Waals surface area contributed by atoms with Crippen LogP contribution in [0.1, 0.15) is 24.0 Å². The van der Waals surface area contributed by atoms with E-state index in [9.17, 15) is 4.79 Å². The molecule has 0 radical (unpaired) electrons. The van der Waals surface area contributed by atoms with Crippen molar-refractivity contribution in [1.29, 1.82) is 0 Å². The molecule has 1 heterocycles. The van der Waals surface area contributed by atoms with Gasteiger partial charge >= 0.3 is 0 Å². The molecule has 2 aromatic carbocycles. The lowest BCUT2D eigenvalue weighted by Gasteiger charge is -2.32. The Labute approximate surface area is 184 Å². The molecule has 166 valence electrons. The van der Waals surface area contributed by atoms with Crippen LogP contribution >= 0.6 is 0 Å². The first-order valence-electron chi connectivity index (χ1n) is 10.7. The van der Waals surface area contributed by atoms with Gasteiger partial charge in [-0.15, -0.1) is 6.58 Å². The number of benzene rings is 2. The van der Waals surface area contributed by atoms with Crippen molar-refractivity contribution in [3.05, 3.63) is 66.2 Å². The zero-order chi connectivity index (χ0) is 22.1. The van der Waals surface area contributed by atoms with Crippen LogP contribution in [0.5, 0.6) is 17.2 Å². The highest BCUT2D eigenvalue weighted by atomic mass is 16.5. The third kappa shape index (κ3) is 6.76. The number of carbonyl (C=O) groups excluding carboxylic acids is 1. The number of ether oxygens (including phenoxy) is 3. The van der Waals surface area contributed by atoms with E-state index >= 15 is 0 Å². The Bertz CT molecular complexity index is 876. The lowest BCUT2D eigenvalue weighted by atomic mass is 10.0. The minimum atomic E-state index is -0.108. The summed E-state index contributed by atoms with van der Waals surface area (Å²) in [7, 11) is 3.28. The van der Waals surface area contributed by atoms with Crippen molar-refractivity contribution in [3.8, 4) is 17.2 Å². The smallest absolute Gasteiger partial charge is 0.258 e. The highest BCUT2D eigenvalue weighted by Gasteiger charge is 2.21. The van der Waals surface area contributed by atoms with E-state index in [0.717, 1.165) is 50.2 Å². The van der Waals surface area contributed by atoms with Gasteiger partial charge in [-0.25, -0.2) is 0 Å². The van der Waals surface area contributed by atoms with Crippen LogP contribution in [0.15, 0.2) is 55.1 Å². The predicted molar refractivity (Wildman–Crippen MR) is 122 cm³/mol. The number of carbonyl (C=O) groups is 1. The molecule has 1 fully saturated rings. The molecular formula is C25H32N2O4. The van der Waals surface area contributed by atoms with Crippen molar-refractivity contribution in [2.24, 2.45) is 0 Å². The molecule has 1 saturated heterocycles. The number of amides is 1. The number of likely N-dealkylation sites (tertiary alicyclic amines) is 1. The zero-order valence-corrected chi connectivity index (χ0v) is 18.4. The Kier molecular flexibility index (Phi) is 8.35. The quantitative estimate of drug-likeness (QED) is 0.591. The van der Waals surface area contributed by atoms with E-state index in [0.29, 0.717) is 11.5 Å². The average molecular weight is 425 g/mol. The Balaban J connectivity index is 1.42. The van der Waals surface area contributed by atoms with Crippen molar-refractivity contribution in [3.63, 3.8) is 0 Å². The van der Waals surface area contributed by atoms with Crippen LogP contribution in [0, 0.1) is 0 Å². The minimum Gasteiger partial charge on any atom is -0.497 e. The van der Waals surface area contributed by atoms with Crippen LogP contribution in [0.25, 0.3) is 0 Å². The molecule has 0 saturated carbocycles. The molecule has 6 heteroatoms. The molecule has 1 aliphatic heterocycles. The monoisotopic (exact) mass is 424 g/mol. The fourth-order valence-corrected chi connectivity index (χ4v) is 3.80. The van der Waals surface area contributed by atoms with Crippen molar-refractivity contribution in [1.82, 2.24) is 10.2 Å². The standard InChI is InChI=1S/C25H32N2O4/c1-4-6-19-9-10-23(24(16-19)30-3)31-18-25(28)26-21-11-13-27(14-12-21)17-20-7-5-8-22(15-20)29-2/h4-5,7-10,15-16,21H,1,6,11-14,17-18H2,2-3H3,(H,26,28). The van der Waals surface area contributed by atoms with Crippen LogP contribution < -0.4 is 19.5 Å². The Morgan fingerprint density at radius 1 is 1.10 bits per heavy atom. The van der Waals surface area contributed by atoms with Gasteiger partial charge in [0.25, 0.3) is 5.91 Å². The summed E-state index contributed by atoms with van der Waals surface area (Å²) in [6.07, 6.45) is 4.45. The number of rotatable bonds is 10. The van der Waals surface area contributed by atoms with Gasteiger partial charge in [0.2, 0.25) is 0 Å². The van der Waals surface area contributed by atoms with Gasteiger partial charge in [-0.1, -0.05) is 24.3 Å². The van der Waals surface area contributed by atoms with Gasteiger partial charge in [0, 0.05) is 25.7 Å². The van der Waals surface area contributed by atoms with Crippen LogP contribution in [0.4, 0.5) is 0 Å². The number of nitrogens with zero attached hydrogens (tertiary/aromatic N) is 1. The summed E-state index contributed by atoms with van der Waals surface area (Å²) in [5, 5.41) is 3.10. The van der Waals surface area contributed by atoms with E-state index in [1.54, 1.807) is 14.2 Å². The van der Waals surface area contributed by atoms with Gasteiger partial charge < -0.3 is 19.5 Å². The summed E-state index contributed by atoms with van der Waals surface area (Å²) >= 11 is 0. The third-order valence-electron chi connectivity index (χ3n) is 5.46. The summed E-state index contributed by atoms with van der Waals surface area (Å²) in [6, 6.07) is 14.0. The topological polar surface area (TPSA) is 60.0 Å². The summed E-state index contributed by atoms with van der Waals surface area (Å²) in [5.41, 5.74) is 2.33. The molecule has 3 rings (SSSR count). The maximum atomic E-state index is 12.4. The van der Waals surface area contributed by atoms with Crippen LogP contribution in [-0.4, -0.2) is 50.8 Å². The Hall–Kier alpha value is -2.99. The molecule has 2 aromatic rings. The Morgan fingerprint density at radius 2 is 1.90 bits per heavy atom. The summed E-state index contributed by atoms with van der Waals surface area (Å²) in [4.78, 5) is 14.8. The average Bonchev–Trinajstić information content (AvgIpc) is 2.79. The van der Waals surface area contributed by atoms with Crippen molar-refractivity contribution in [2.45, 2.75) is 31.8 Å². The van der Waals surface area contributed by atoms with Crippen LogP contribution in [-0.2, 0) is 17.8 Å². The largest absolute Gasteiger partial charge is 0.497 e. The highest BCUT2D eigenvalue weighted by molar-refractivity contribution is 5.78.